The second kappa shape index (κ2) is 5.59. The predicted octanol–water partition coefficient (Wildman–Crippen LogP) is 1.43. The number of nitrogens with zero attached hydrogens (tertiary/aromatic N) is 1. The minimum absolute atomic E-state index is 0.114. The largest absolute Gasteiger partial charge is 0.444 e. The Balaban J connectivity index is 2.49. The normalized spacial score (nSPS) is 10.9. The Labute approximate surface area is 107 Å². The van der Waals surface area contributed by atoms with Gasteiger partial charge in [0.15, 0.2) is 0 Å². The summed E-state index contributed by atoms with van der Waals surface area (Å²) in [4.78, 5) is 11.4. The second-order valence-corrected chi connectivity index (χ2v) is 4.87. The number of ether oxygens (including phenoxy) is 1. The average molecular weight is 252 g/mol. The van der Waals surface area contributed by atoms with E-state index in [1.807, 2.05) is 12.1 Å². The fourth-order valence-corrected chi connectivity index (χ4v) is 1.30. The minimum Gasteiger partial charge on any atom is -0.444 e. The molecule has 0 aliphatic heterocycles. The molecule has 1 aromatic rings. The monoisotopic (exact) mass is 252 g/mol. The van der Waals surface area contributed by atoms with Crippen LogP contribution in [0.5, 0.6) is 0 Å². The van der Waals surface area contributed by atoms with Gasteiger partial charge in [-0.1, -0.05) is 12.1 Å². The number of hydrazine groups is 1. The summed E-state index contributed by atoms with van der Waals surface area (Å²) >= 11 is 0. The third-order valence-corrected chi connectivity index (χ3v) is 2.04. The van der Waals surface area contributed by atoms with E-state index >= 15 is 0 Å². The molecule has 0 atom stereocenters. The highest BCUT2D eigenvalue weighted by Gasteiger charge is 2.16. The molecule has 0 radical (unpaired) electrons. The maximum absolute atomic E-state index is 11.4. The second-order valence-electron chi connectivity index (χ2n) is 4.87. The van der Waals surface area contributed by atoms with Crippen molar-refractivity contribution in [2.24, 2.45) is 5.84 Å². The maximum atomic E-state index is 11.4. The molecule has 0 spiro atoms. The number of nitrogens with two attached hydrogens (primary N) is 2. The van der Waals surface area contributed by atoms with Crippen LogP contribution in [-0.4, -0.2) is 18.4 Å². The van der Waals surface area contributed by atoms with E-state index in [0.29, 0.717) is 11.4 Å². The number of benzene rings is 1. The van der Waals surface area contributed by atoms with Crippen LogP contribution in [0, 0.1) is 0 Å². The van der Waals surface area contributed by atoms with Crippen molar-refractivity contribution in [1.82, 2.24) is 5.32 Å². The number of nitrogen functional groups attached to an aromatic ring is 1. The zero-order chi connectivity index (χ0) is 13.8. The van der Waals surface area contributed by atoms with Gasteiger partial charge in [-0.15, -0.1) is 0 Å². The number of amides is 1. The summed E-state index contributed by atoms with van der Waals surface area (Å²) in [5, 5.41) is 3.90. The van der Waals surface area contributed by atoms with Crippen molar-refractivity contribution in [1.29, 1.82) is 0 Å². The lowest BCUT2D eigenvalue weighted by atomic mass is 10.2. The molecule has 0 aliphatic rings. The molecule has 0 heterocycles. The molecule has 1 rings (SSSR count). The molecule has 1 amide bonds. The molecule has 6 heteroatoms. The molecule has 5 N–H and O–H groups in total. The smallest absolute Gasteiger partial charge is 0.409 e. The summed E-state index contributed by atoms with van der Waals surface area (Å²) in [6.07, 6.45) is -0.521. The molecular formula is C12H20N4O2. The van der Waals surface area contributed by atoms with Gasteiger partial charge in [0.25, 0.3) is 0 Å². The first-order valence-electron chi connectivity index (χ1n) is 5.63. The summed E-state index contributed by atoms with van der Waals surface area (Å²) in [6, 6.07) is 7.14. The van der Waals surface area contributed by atoms with Crippen molar-refractivity contribution in [2.75, 3.05) is 17.4 Å². The van der Waals surface area contributed by atoms with Gasteiger partial charge in [0.2, 0.25) is 0 Å². The molecule has 0 fully saturated rings. The van der Waals surface area contributed by atoms with Crippen molar-refractivity contribution in [3.05, 3.63) is 24.3 Å². The number of carbonyl (C=O) groups is 1. The number of hydrogen-bond donors (Lipinski definition) is 3. The fourth-order valence-electron chi connectivity index (χ4n) is 1.30. The van der Waals surface area contributed by atoms with Gasteiger partial charge in [-0.2, -0.15) is 0 Å². The van der Waals surface area contributed by atoms with Crippen molar-refractivity contribution in [3.63, 3.8) is 0 Å². The SMILES string of the molecule is CC(C)(C)OC(=O)NCN(N)c1ccccc1N. The van der Waals surface area contributed by atoms with E-state index in [1.54, 1.807) is 32.9 Å². The molecule has 0 unspecified atom stereocenters. The zero-order valence-corrected chi connectivity index (χ0v) is 10.9. The maximum Gasteiger partial charge on any atom is 0.409 e. The Bertz CT molecular complexity index is 415. The quantitative estimate of drug-likeness (QED) is 0.327. The third kappa shape index (κ3) is 4.50. The van der Waals surface area contributed by atoms with Crippen LogP contribution >= 0.6 is 0 Å². The first-order valence-corrected chi connectivity index (χ1v) is 5.63. The molecule has 0 saturated carbocycles. The topological polar surface area (TPSA) is 93.6 Å². The number of rotatable bonds is 3. The van der Waals surface area contributed by atoms with Crippen LogP contribution in [0.15, 0.2) is 24.3 Å². The number of para-hydroxylation sites is 2. The van der Waals surface area contributed by atoms with Crippen LogP contribution in [-0.2, 0) is 4.74 Å². The Morgan fingerprint density at radius 3 is 2.56 bits per heavy atom. The van der Waals surface area contributed by atoms with E-state index in [4.69, 9.17) is 16.3 Å². The van der Waals surface area contributed by atoms with Crippen LogP contribution < -0.4 is 21.9 Å². The average Bonchev–Trinajstić information content (AvgIpc) is 2.24. The highest BCUT2D eigenvalue weighted by molar-refractivity contribution is 5.70. The number of anilines is 2. The fraction of sp³-hybridized carbons (Fsp3) is 0.417. The van der Waals surface area contributed by atoms with E-state index in [1.165, 1.54) is 5.01 Å². The van der Waals surface area contributed by atoms with E-state index in [2.05, 4.69) is 5.32 Å². The van der Waals surface area contributed by atoms with E-state index in [-0.39, 0.29) is 6.67 Å². The molecule has 6 nitrogen and oxygen atoms in total. The standard InChI is InChI=1S/C12H20N4O2/c1-12(2,3)18-11(17)15-8-16(14)10-7-5-4-6-9(10)13/h4-7H,8,13-14H2,1-3H3,(H,15,17). The first kappa shape index (κ1) is 14.1. The first-order chi connectivity index (χ1) is 8.29. The van der Waals surface area contributed by atoms with Crippen molar-refractivity contribution >= 4 is 17.5 Å². The molecule has 18 heavy (non-hydrogen) atoms. The van der Waals surface area contributed by atoms with Gasteiger partial charge in [-0.05, 0) is 32.9 Å². The molecule has 100 valence electrons. The summed E-state index contributed by atoms with van der Waals surface area (Å²) in [5.74, 6) is 5.79. The number of alkyl carbamates (subject to hydrolysis) is 1. The number of nitrogens with one attached hydrogen (secondary N) is 1. The molecular weight excluding hydrogens is 232 g/mol. The van der Waals surface area contributed by atoms with Gasteiger partial charge < -0.3 is 15.8 Å². The lowest BCUT2D eigenvalue weighted by Gasteiger charge is -2.23. The predicted molar refractivity (Wildman–Crippen MR) is 71.8 cm³/mol. The van der Waals surface area contributed by atoms with Gasteiger partial charge >= 0.3 is 6.09 Å². The van der Waals surface area contributed by atoms with Crippen LogP contribution in [0.2, 0.25) is 0 Å². The van der Waals surface area contributed by atoms with Crippen molar-refractivity contribution in [2.45, 2.75) is 26.4 Å². The number of carbonyl (C=O) groups excluding carboxylic acids is 1. The van der Waals surface area contributed by atoms with Gasteiger partial charge in [0.1, 0.15) is 12.3 Å². The van der Waals surface area contributed by atoms with E-state index in [9.17, 15) is 4.79 Å². The number of hydrogen-bond acceptors (Lipinski definition) is 5. The van der Waals surface area contributed by atoms with Gasteiger partial charge in [-0.25, -0.2) is 10.6 Å². The van der Waals surface area contributed by atoms with Crippen LogP contribution in [0.25, 0.3) is 0 Å². The summed E-state index contributed by atoms with van der Waals surface area (Å²) < 4.78 is 5.09. The molecule has 0 bridgehead atoms. The van der Waals surface area contributed by atoms with Crippen LogP contribution in [0.1, 0.15) is 20.8 Å². The Morgan fingerprint density at radius 2 is 2.00 bits per heavy atom. The Morgan fingerprint density at radius 1 is 1.39 bits per heavy atom. The van der Waals surface area contributed by atoms with Gasteiger partial charge in [0, 0.05) is 0 Å². The lowest BCUT2D eigenvalue weighted by Crippen LogP contribution is -2.44. The summed E-state index contributed by atoms with van der Waals surface area (Å²) in [5.41, 5.74) is 6.43. The molecule has 1 aromatic carbocycles. The van der Waals surface area contributed by atoms with E-state index < -0.39 is 11.7 Å². The summed E-state index contributed by atoms with van der Waals surface area (Å²) in [7, 11) is 0. The van der Waals surface area contributed by atoms with E-state index in [0.717, 1.165) is 0 Å². The van der Waals surface area contributed by atoms with Crippen LogP contribution in [0.4, 0.5) is 16.2 Å². The van der Waals surface area contributed by atoms with Crippen molar-refractivity contribution < 1.29 is 9.53 Å². The Kier molecular flexibility index (Phi) is 4.38. The van der Waals surface area contributed by atoms with Gasteiger partial charge in [-0.3, -0.25) is 5.01 Å². The highest BCUT2D eigenvalue weighted by atomic mass is 16.6. The third-order valence-electron chi connectivity index (χ3n) is 2.04. The lowest BCUT2D eigenvalue weighted by molar-refractivity contribution is 0.0527. The van der Waals surface area contributed by atoms with Crippen molar-refractivity contribution in [3.8, 4) is 0 Å². The molecule has 0 saturated heterocycles. The summed E-state index contributed by atoms with van der Waals surface area (Å²) in [6.45, 7) is 5.50. The minimum atomic E-state index is -0.532. The zero-order valence-electron chi connectivity index (χ0n) is 10.9. The molecule has 0 aliphatic carbocycles. The Hall–Kier alpha value is -1.95. The van der Waals surface area contributed by atoms with Crippen LogP contribution in [0.3, 0.4) is 0 Å². The molecule has 0 aromatic heterocycles. The highest BCUT2D eigenvalue weighted by Crippen LogP contribution is 2.19. The van der Waals surface area contributed by atoms with Gasteiger partial charge in [0.05, 0.1) is 11.4 Å².